The van der Waals surface area contributed by atoms with Gasteiger partial charge in [0.15, 0.2) is 0 Å². The number of carboxylic acids is 1. The van der Waals surface area contributed by atoms with Crippen LogP contribution in [0.5, 0.6) is 0 Å². The first-order valence-corrected chi connectivity index (χ1v) is 4.40. The third kappa shape index (κ3) is 3.08. The molecule has 0 saturated heterocycles. The average molecular weight is 205 g/mol. The van der Waals surface area contributed by atoms with Crippen LogP contribution in [0.25, 0.3) is 0 Å². The van der Waals surface area contributed by atoms with Crippen molar-refractivity contribution < 1.29 is 14.6 Å². The number of hydrogen-bond donors (Lipinski definition) is 1. The minimum Gasteiger partial charge on any atom is -0.481 e. The molecule has 15 heavy (non-hydrogen) atoms. The minimum atomic E-state index is -0.904. The van der Waals surface area contributed by atoms with E-state index in [1.54, 1.807) is 25.3 Å². The topological polar surface area (TPSA) is 70.3 Å². The van der Waals surface area contributed by atoms with E-state index in [0.29, 0.717) is 17.7 Å². The van der Waals surface area contributed by atoms with E-state index in [1.807, 2.05) is 6.07 Å². The molecule has 0 aliphatic carbocycles. The molecule has 0 atom stereocenters. The largest absolute Gasteiger partial charge is 0.481 e. The Balaban J connectivity index is 2.98. The van der Waals surface area contributed by atoms with Crippen LogP contribution in [0, 0.1) is 11.3 Å². The molecule has 0 radical (unpaired) electrons. The van der Waals surface area contributed by atoms with Crippen LogP contribution in [-0.4, -0.2) is 18.2 Å². The summed E-state index contributed by atoms with van der Waals surface area (Å²) in [5, 5.41) is 17.4. The zero-order chi connectivity index (χ0) is 11.3. The zero-order valence-electron chi connectivity index (χ0n) is 8.36. The fraction of sp³-hybridized carbons (Fsp3) is 0.273. The molecule has 4 heteroatoms. The first-order valence-electron chi connectivity index (χ1n) is 4.40. The zero-order valence-corrected chi connectivity index (χ0v) is 8.36. The third-order valence-electron chi connectivity index (χ3n) is 1.95. The summed E-state index contributed by atoms with van der Waals surface area (Å²) in [7, 11) is 1.55. The number of carboxylic acid groups (broad SMARTS) is 1. The molecule has 1 aromatic rings. The first kappa shape index (κ1) is 11.2. The maximum Gasteiger partial charge on any atom is 0.307 e. The van der Waals surface area contributed by atoms with E-state index in [2.05, 4.69) is 0 Å². The predicted molar refractivity (Wildman–Crippen MR) is 53.2 cm³/mol. The number of aliphatic carboxylic acids is 1. The van der Waals surface area contributed by atoms with E-state index in [-0.39, 0.29) is 6.42 Å². The van der Waals surface area contributed by atoms with Gasteiger partial charge in [-0.25, -0.2) is 0 Å². The van der Waals surface area contributed by atoms with Gasteiger partial charge in [0.1, 0.15) is 0 Å². The summed E-state index contributed by atoms with van der Waals surface area (Å²) >= 11 is 0. The molecular formula is C11H11NO3. The Bertz CT molecular complexity index is 407. The number of hydrogen-bond acceptors (Lipinski definition) is 3. The highest BCUT2D eigenvalue weighted by atomic mass is 16.5. The highest BCUT2D eigenvalue weighted by Gasteiger charge is 2.05. The van der Waals surface area contributed by atoms with Crippen LogP contribution < -0.4 is 0 Å². The summed E-state index contributed by atoms with van der Waals surface area (Å²) in [5.41, 5.74) is 1.86. The maximum absolute atomic E-state index is 10.5. The molecule has 0 aliphatic heterocycles. The lowest BCUT2D eigenvalue weighted by molar-refractivity contribution is -0.136. The molecule has 1 aromatic carbocycles. The van der Waals surface area contributed by atoms with Crippen molar-refractivity contribution in [3.05, 3.63) is 34.9 Å². The van der Waals surface area contributed by atoms with Gasteiger partial charge in [0, 0.05) is 7.11 Å². The second kappa shape index (κ2) is 5.13. The van der Waals surface area contributed by atoms with Gasteiger partial charge in [0.2, 0.25) is 0 Å². The minimum absolute atomic E-state index is 0.0675. The standard InChI is InChI=1S/C11H11NO3/c1-15-7-9-3-2-8(5-11(13)14)4-10(9)6-12/h2-4H,5,7H2,1H3,(H,13,14). The molecule has 0 fully saturated rings. The Hall–Kier alpha value is -1.86. The van der Waals surface area contributed by atoms with Crippen molar-refractivity contribution in [2.45, 2.75) is 13.0 Å². The monoisotopic (exact) mass is 205 g/mol. The molecule has 0 bridgehead atoms. The Morgan fingerprint density at radius 2 is 2.33 bits per heavy atom. The van der Waals surface area contributed by atoms with Crippen LogP contribution in [0.4, 0.5) is 0 Å². The van der Waals surface area contributed by atoms with Gasteiger partial charge >= 0.3 is 5.97 Å². The van der Waals surface area contributed by atoms with Crippen LogP contribution in [-0.2, 0) is 22.6 Å². The summed E-state index contributed by atoms with van der Waals surface area (Å²) in [6.45, 7) is 0.357. The van der Waals surface area contributed by atoms with E-state index in [9.17, 15) is 4.79 Å². The van der Waals surface area contributed by atoms with Crippen LogP contribution in [0.1, 0.15) is 16.7 Å². The van der Waals surface area contributed by atoms with Gasteiger partial charge in [-0.1, -0.05) is 12.1 Å². The molecule has 0 amide bonds. The van der Waals surface area contributed by atoms with Crippen LogP contribution >= 0.6 is 0 Å². The number of carbonyl (C=O) groups is 1. The van der Waals surface area contributed by atoms with Crippen LogP contribution in [0.2, 0.25) is 0 Å². The van der Waals surface area contributed by atoms with Crippen molar-refractivity contribution in [2.24, 2.45) is 0 Å². The van der Waals surface area contributed by atoms with E-state index < -0.39 is 5.97 Å². The molecule has 78 valence electrons. The van der Waals surface area contributed by atoms with Crippen molar-refractivity contribution in [1.29, 1.82) is 5.26 Å². The van der Waals surface area contributed by atoms with E-state index in [4.69, 9.17) is 15.1 Å². The van der Waals surface area contributed by atoms with Gasteiger partial charge in [-0.05, 0) is 17.2 Å². The summed E-state index contributed by atoms with van der Waals surface area (Å²) in [5.74, 6) is -0.904. The second-order valence-electron chi connectivity index (χ2n) is 3.11. The van der Waals surface area contributed by atoms with Crippen LogP contribution in [0.3, 0.4) is 0 Å². The molecule has 0 aliphatic rings. The van der Waals surface area contributed by atoms with Gasteiger partial charge in [-0.3, -0.25) is 4.79 Å². The van der Waals surface area contributed by atoms with E-state index >= 15 is 0 Å². The van der Waals surface area contributed by atoms with Crippen molar-refractivity contribution in [2.75, 3.05) is 7.11 Å². The molecule has 4 nitrogen and oxygen atoms in total. The SMILES string of the molecule is COCc1ccc(CC(=O)O)cc1C#N. The predicted octanol–water partition coefficient (Wildman–Crippen LogP) is 1.33. The van der Waals surface area contributed by atoms with Crippen molar-refractivity contribution in [3.8, 4) is 6.07 Å². The molecule has 0 heterocycles. The number of rotatable bonds is 4. The van der Waals surface area contributed by atoms with Gasteiger partial charge < -0.3 is 9.84 Å². The summed E-state index contributed by atoms with van der Waals surface area (Å²) < 4.78 is 4.92. The van der Waals surface area contributed by atoms with Crippen molar-refractivity contribution in [3.63, 3.8) is 0 Å². The van der Waals surface area contributed by atoms with Crippen LogP contribution in [0.15, 0.2) is 18.2 Å². The third-order valence-corrected chi connectivity index (χ3v) is 1.95. The van der Waals surface area contributed by atoms with E-state index in [0.717, 1.165) is 5.56 Å². The molecular weight excluding hydrogens is 194 g/mol. The number of nitriles is 1. The average Bonchev–Trinajstić information content (AvgIpc) is 2.20. The molecule has 0 saturated carbocycles. The molecule has 0 spiro atoms. The van der Waals surface area contributed by atoms with Gasteiger partial charge in [-0.15, -0.1) is 0 Å². The summed E-state index contributed by atoms with van der Waals surface area (Å²) in [4.78, 5) is 10.5. The number of ether oxygens (including phenoxy) is 1. The maximum atomic E-state index is 10.5. The fourth-order valence-electron chi connectivity index (χ4n) is 1.29. The fourth-order valence-corrected chi connectivity index (χ4v) is 1.29. The lowest BCUT2D eigenvalue weighted by Gasteiger charge is -2.04. The molecule has 1 N–H and O–H groups in total. The Kier molecular flexibility index (Phi) is 3.83. The van der Waals surface area contributed by atoms with Gasteiger partial charge in [0.25, 0.3) is 0 Å². The first-order chi connectivity index (χ1) is 7.17. The number of methoxy groups -OCH3 is 1. The quantitative estimate of drug-likeness (QED) is 0.805. The Morgan fingerprint density at radius 1 is 1.60 bits per heavy atom. The second-order valence-corrected chi connectivity index (χ2v) is 3.11. The van der Waals surface area contributed by atoms with E-state index in [1.165, 1.54) is 0 Å². The number of benzene rings is 1. The van der Waals surface area contributed by atoms with Gasteiger partial charge in [0.05, 0.1) is 24.7 Å². The Morgan fingerprint density at radius 3 is 2.87 bits per heavy atom. The molecule has 1 rings (SSSR count). The lowest BCUT2D eigenvalue weighted by Crippen LogP contribution is -2.01. The lowest BCUT2D eigenvalue weighted by atomic mass is 10.0. The summed E-state index contributed by atoms with van der Waals surface area (Å²) in [6, 6.07) is 7.03. The normalized spacial score (nSPS) is 9.60. The highest BCUT2D eigenvalue weighted by Crippen LogP contribution is 2.12. The smallest absolute Gasteiger partial charge is 0.307 e. The van der Waals surface area contributed by atoms with Crippen molar-refractivity contribution >= 4 is 5.97 Å². The highest BCUT2D eigenvalue weighted by molar-refractivity contribution is 5.70. The number of nitrogens with zero attached hydrogens (tertiary/aromatic N) is 1. The van der Waals surface area contributed by atoms with Crippen molar-refractivity contribution in [1.82, 2.24) is 0 Å². The summed E-state index contributed by atoms with van der Waals surface area (Å²) in [6.07, 6.45) is -0.0675. The van der Waals surface area contributed by atoms with Gasteiger partial charge in [-0.2, -0.15) is 5.26 Å². The Labute approximate surface area is 87.7 Å². The molecule has 0 unspecified atom stereocenters. The molecule has 0 aromatic heterocycles.